The molecule has 0 fully saturated rings. The molecule has 0 aliphatic heterocycles. The Kier molecular flexibility index (Phi) is 6.39. The number of nitrogens with zero attached hydrogens (tertiary/aromatic N) is 1. The second kappa shape index (κ2) is 6.44. The molecule has 0 saturated heterocycles. The van der Waals surface area contributed by atoms with Crippen molar-refractivity contribution in [2.45, 2.75) is 47.1 Å². The van der Waals surface area contributed by atoms with Crippen LogP contribution >= 0.6 is 0 Å². The van der Waals surface area contributed by atoms with Gasteiger partial charge >= 0.3 is 0 Å². The zero-order valence-corrected chi connectivity index (χ0v) is 9.13. The average molecular weight is 173 g/mol. The molecule has 0 atom stereocenters. The van der Waals surface area contributed by atoms with Crippen molar-refractivity contribution in [3.8, 4) is 0 Å². The van der Waals surface area contributed by atoms with Crippen LogP contribution in [0.25, 0.3) is 0 Å². The highest BCUT2D eigenvalue weighted by atomic mass is 16.7. The highest BCUT2D eigenvalue weighted by Crippen LogP contribution is 2.04. The Hall–Kier alpha value is -0.0800. The third-order valence-corrected chi connectivity index (χ3v) is 1.58. The smallest absolute Gasteiger partial charge is 0.0682 e. The summed E-state index contributed by atoms with van der Waals surface area (Å²) in [4.78, 5) is 5.60. The highest BCUT2D eigenvalue weighted by Gasteiger charge is 2.10. The summed E-state index contributed by atoms with van der Waals surface area (Å²) in [6.07, 6.45) is 1.08. The van der Waals surface area contributed by atoms with Crippen molar-refractivity contribution in [1.82, 2.24) is 5.06 Å². The van der Waals surface area contributed by atoms with Crippen molar-refractivity contribution in [3.05, 3.63) is 0 Å². The quantitative estimate of drug-likeness (QED) is 0.573. The van der Waals surface area contributed by atoms with Gasteiger partial charge in [0.25, 0.3) is 0 Å². The highest BCUT2D eigenvalue weighted by molar-refractivity contribution is 4.55. The molecule has 0 spiro atoms. The summed E-state index contributed by atoms with van der Waals surface area (Å²) in [5.74, 6) is 0.671. The van der Waals surface area contributed by atoms with Gasteiger partial charge in [-0.1, -0.05) is 20.8 Å². The van der Waals surface area contributed by atoms with Gasteiger partial charge in [-0.25, -0.2) is 0 Å². The zero-order chi connectivity index (χ0) is 9.56. The van der Waals surface area contributed by atoms with Crippen LogP contribution in [0.4, 0.5) is 0 Å². The molecule has 2 heteroatoms. The van der Waals surface area contributed by atoms with Gasteiger partial charge in [-0.15, -0.1) is 0 Å². The Morgan fingerprint density at radius 3 is 2.08 bits per heavy atom. The minimum atomic E-state index is 0.485. The average Bonchev–Trinajstić information content (AvgIpc) is 1.96. The monoisotopic (exact) mass is 173 g/mol. The summed E-state index contributed by atoms with van der Waals surface area (Å²) in [5, 5.41) is 2.08. The Labute approximate surface area is 76.9 Å². The van der Waals surface area contributed by atoms with Gasteiger partial charge < -0.3 is 0 Å². The van der Waals surface area contributed by atoms with Crippen LogP contribution in [0.1, 0.15) is 41.0 Å². The first-order valence-corrected chi connectivity index (χ1v) is 4.97. The van der Waals surface area contributed by atoms with Crippen molar-refractivity contribution < 1.29 is 4.84 Å². The predicted molar refractivity (Wildman–Crippen MR) is 52.9 cm³/mol. The van der Waals surface area contributed by atoms with Crippen molar-refractivity contribution in [3.63, 3.8) is 0 Å². The van der Waals surface area contributed by atoms with Crippen LogP contribution in [-0.4, -0.2) is 24.3 Å². The molecule has 0 unspecified atom stereocenters. The number of hydrogen-bond donors (Lipinski definition) is 0. The third kappa shape index (κ3) is 5.56. The molecular weight excluding hydrogens is 150 g/mol. The molecule has 12 heavy (non-hydrogen) atoms. The van der Waals surface area contributed by atoms with Gasteiger partial charge in [-0.05, 0) is 26.2 Å². The Morgan fingerprint density at radius 2 is 1.75 bits per heavy atom. The molecule has 0 aliphatic carbocycles. The minimum Gasteiger partial charge on any atom is -0.299 e. The van der Waals surface area contributed by atoms with E-state index in [0.717, 1.165) is 19.6 Å². The molecule has 0 aliphatic rings. The number of hydroxylamine groups is 2. The number of rotatable bonds is 6. The third-order valence-electron chi connectivity index (χ3n) is 1.58. The molecule has 0 aromatic carbocycles. The Morgan fingerprint density at radius 1 is 1.17 bits per heavy atom. The van der Waals surface area contributed by atoms with Crippen molar-refractivity contribution in [1.29, 1.82) is 0 Å². The van der Waals surface area contributed by atoms with E-state index in [-0.39, 0.29) is 0 Å². The van der Waals surface area contributed by atoms with E-state index < -0.39 is 0 Å². The largest absolute Gasteiger partial charge is 0.299 e. The first-order chi connectivity index (χ1) is 5.57. The fourth-order valence-electron chi connectivity index (χ4n) is 0.981. The standard InChI is InChI=1S/C10H23NO/c1-6-7-12-11(10(4)5)8-9(2)3/h9-10H,6-8H2,1-5H3. The van der Waals surface area contributed by atoms with Crippen molar-refractivity contribution >= 4 is 0 Å². The van der Waals surface area contributed by atoms with E-state index >= 15 is 0 Å². The predicted octanol–water partition coefficient (Wildman–Crippen LogP) is 2.69. The van der Waals surface area contributed by atoms with E-state index in [4.69, 9.17) is 4.84 Å². The van der Waals surface area contributed by atoms with Crippen LogP contribution in [0.2, 0.25) is 0 Å². The summed E-state index contributed by atoms with van der Waals surface area (Å²) < 4.78 is 0. The van der Waals surface area contributed by atoms with Crippen molar-refractivity contribution in [2.75, 3.05) is 13.2 Å². The zero-order valence-electron chi connectivity index (χ0n) is 9.13. The van der Waals surface area contributed by atoms with Gasteiger partial charge in [-0.3, -0.25) is 4.84 Å². The van der Waals surface area contributed by atoms with E-state index in [9.17, 15) is 0 Å². The molecule has 0 aromatic heterocycles. The number of hydrogen-bond acceptors (Lipinski definition) is 2. The molecule has 2 nitrogen and oxygen atoms in total. The summed E-state index contributed by atoms with van der Waals surface area (Å²) in [6.45, 7) is 12.8. The van der Waals surface area contributed by atoms with E-state index in [1.54, 1.807) is 0 Å². The van der Waals surface area contributed by atoms with E-state index in [1.807, 2.05) is 0 Å². The van der Waals surface area contributed by atoms with Crippen LogP contribution in [0.15, 0.2) is 0 Å². The maximum absolute atomic E-state index is 5.60. The summed E-state index contributed by atoms with van der Waals surface area (Å²) in [6, 6.07) is 0.485. The normalized spacial score (nSPS) is 12.0. The molecule has 0 amide bonds. The first kappa shape index (κ1) is 11.9. The fraction of sp³-hybridized carbons (Fsp3) is 1.00. The molecule has 0 N–H and O–H groups in total. The van der Waals surface area contributed by atoms with Gasteiger partial charge in [0.2, 0.25) is 0 Å². The van der Waals surface area contributed by atoms with Crippen LogP contribution < -0.4 is 0 Å². The van der Waals surface area contributed by atoms with Gasteiger partial charge in [0.05, 0.1) is 6.61 Å². The molecule has 0 bridgehead atoms. The van der Waals surface area contributed by atoms with Crippen LogP contribution in [0.5, 0.6) is 0 Å². The Bertz CT molecular complexity index is 102. The first-order valence-electron chi connectivity index (χ1n) is 4.97. The van der Waals surface area contributed by atoms with Gasteiger partial charge in [0.15, 0.2) is 0 Å². The van der Waals surface area contributed by atoms with Crippen molar-refractivity contribution in [2.24, 2.45) is 5.92 Å². The molecular formula is C10H23NO. The summed E-state index contributed by atoms with van der Waals surface area (Å²) in [5.41, 5.74) is 0. The van der Waals surface area contributed by atoms with Crippen LogP contribution in [-0.2, 0) is 4.84 Å². The molecule has 0 saturated carbocycles. The molecule has 74 valence electrons. The molecule has 0 rings (SSSR count). The lowest BCUT2D eigenvalue weighted by Gasteiger charge is -2.26. The molecule has 0 radical (unpaired) electrons. The summed E-state index contributed by atoms with van der Waals surface area (Å²) >= 11 is 0. The minimum absolute atomic E-state index is 0.485. The lowest BCUT2D eigenvalue weighted by Crippen LogP contribution is -2.34. The maximum Gasteiger partial charge on any atom is 0.0682 e. The lowest BCUT2D eigenvalue weighted by atomic mass is 10.2. The second-order valence-corrected chi connectivity index (χ2v) is 3.92. The SMILES string of the molecule is CCCON(CC(C)C)C(C)C. The second-order valence-electron chi connectivity index (χ2n) is 3.92. The fourth-order valence-corrected chi connectivity index (χ4v) is 0.981. The van der Waals surface area contributed by atoms with Gasteiger partial charge in [-0.2, -0.15) is 5.06 Å². The van der Waals surface area contributed by atoms with Gasteiger partial charge in [0.1, 0.15) is 0 Å². The van der Waals surface area contributed by atoms with Crippen LogP contribution in [0.3, 0.4) is 0 Å². The Balaban J connectivity index is 3.70. The summed E-state index contributed by atoms with van der Waals surface area (Å²) in [7, 11) is 0. The molecule has 0 aromatic rings. The van der Waals surface area contributed by atoms with Gasteiger partial charge in [0, 0.05) is 12.6 Å². The molecule has 0 heterocycles. The van der Waals surface area contributed by atoms with E-state index in [1.165, 1.54) is 0 Å². The topological polar surface area (TPSA) is 12.5 Å². The van der Waals surface area contributed by atoms with E-state index in [0.29, 0.717) is 12.0 Å². The maximum atomic E-state index is 5.60. The lowest BCUT2D eigenvalue weighted by molar-refractivity contribution is -0.184. The van der Waals surface area contributed by atoms with E-state index in [2.05, 4.69) is 39.7 Å². The van der Waals surface area contributed by atoms with Crippen LogP contribution in [0, 0.1) is 5.92 Å².